The van der Waals surface area contributed by atoms with E-state index in [4.69, 9.17) is 0 Å². The normalized spacial score (nSPS) is 13.2. The third-order valence-corrected chi connectivity index (χ3v) is 4.87. The molecule has 0 saturated heterocycles. The lowest BCUT2D eigenvalue weighted by molar-refractivity contribution is -0.137. The topological polar surface area (TPSA) is 72.7 Å². The zero-order valence-electron chi connectivity index (χ0n) is 14.7. The van der Waals surface area contributed by atoms with Crippen LogP contribution in [0.15, 0.2) is 29.4 Å². The van der Waals surface area contributed by atoms with Crippen molar-refractivity contribution in [1.82, 2.24) is 25.1 Å². The Balaban J connectivity index is 1.87. The van der Waals surface area contributed by atoms with Gasteiger partial charge in [-0.2, -0.15) is 13.2 Å². The molecule has 1 amide bonds. The van der Waals surface area contributed by atoms with Crippen LogP contribution in [0, 0.1) is 0 Å². The molecule has 3 aromatic rings. The van der Waals surface area contributed by atoms with Crippen LogP contribution < -0.4 is 5.32 Å². The molecule has 1 atom stereocenters. The van der Waals surface area contributed by atoms with E-state index < -0.39 is 23.9 Å². The van der Waals surface area contributed by atoms with Gasteiger partial charge in [-0.25, -0.2) is 4.98 Å². The van der Waals surface area contributed by atoms with Gasteiger partial charge in [-0.15, -0.1) is 10.2 Å². The van der Waals surface area contributed by atoms with E-state index in [2.05, 4.69) is 22.1 Å². The number of aryl methyl sites for hydroxylation is 1. The highest BCUT2D eigenvalue weighted by atomic mass is 32.2. The number of benzene rings is 1. The lowest BCUT2D eigenvalue weighted by atomic mass is 10.2. The van der Waals surface area contributed by atoms with E-state index in [1.54, 1.807) is 0 Å². The van der Waals surface area contributed by atoms with Crippen molar-refractivity contribution in [3.8, 4) is 0 Å². The van der Waals surface area contributed by atoms with Crippen molar-refractivity contribution in [2.24, 2.45) is 0 Å². The molecular weight excluding hydrogens is 379 g/mol. The van der Waals surface area contributed by atoms with Gasteiger partial charge in [0.1, 0.15) is 12.1 Å². The number of para-hydroxylation sites is 1. The molecule has 0 saturated carbocycles. The number of thioether (sulfide) groups is 1. The van der Waals surface area contributed by atoms with Crippen molar-refractivity contribution in [3.05, 3.63) is 24.3 Å². The van der Waals surface area contributed by atoms with Crippen molar-refractivity contribution < 1.29 is 18.0 Å². The minimum atomic E-state index is -4.45. The highest BCUT2D eigenvalue weighted by Gasteiger charge is 2.29. The van der Waals surface area contributed by atoms with Crippen LogP contribution in [-0.2, 0) is 11.3 Å². The predicted octanol–water partition coefficient (Wildman–Crippen LogP) is 3.55. The molecule has 144 valence electrons. The Morgan fingerprint density at radius 1 is 1.30 bits per heavy atom. The van der Waals surface area contributed by atoms with Gasteiger partial charge in [-0.3, -0.25) is 4.79 Å². The molecule has 1 aromatic carbocycles. The summed E-state index contributed by atoms with van der Waals surface area (Å²) in [5.41, 5.74) is 2.31. The molecule has 3 rings (SSSR count). The van der Waals surface area contributed by atoms with Crippen LogP contribution in [0.4, 0.5) is 13.2 Å². The number of nitrogens with one attached hydrogen (secondary N) is 1. The van der Waals surface area contributed by atoms with Crippen molar-refractivity contribution in [2.45, 2.75) is 43.4 Å². The van der Waals surface area contributed by atoms with E-state index in [-0.39, 0.29) is 5.16 Å². The van der Waals surface area contributed by atoms with Crippen molar-refractivity contribution in [3.63, 3.8) is 0 Å². The number of carbonyl (C=O) groups is 1. The molecule has 0 fully saturated rings. The minimum absolute atomic E-state index is 0.248. The molecule has 0 aliphatic carbocycles. The molecule has 0 radical (unpaired) electrons. The first-order valence-electron chi connectivity index (χ1n) is 8.43. The maximum Gasteiger partial charge on any atom is 0.405 e. The maximum atomic E-state index is 12.2. The summed E-state index contributed by atoms with van der Waals surface area (Å²) in [7, 11) is 0. The number of halogens is 3. The van der Waals surface area contributed by atoms with Crippen LogP contribution in [0.25, 0.3) is 22.1 Å². The number of aromatic nitrogens is 4. The summed E-state index contributed by atoms with van der Waals surface area (Å²) in [6, 6.07) is 7.77. The number of amides is 1. The molecular formula is C17H18F3N5OS. The second-order valence-electron chi connectivity index (χ2n) is 6.03. The number of fused-ring (bicyclic) bond motifs is 3. The Kier molecular flexibility index (Phi) is 5.54. The third kappa shape index (κ3) is 4.32. The molecule has 6 nitrogen and oxygen atoms in total. The quantitative estimate of drug-likeness (QED) is 0.644. The van der Waals surface area contributed by atoms with Crippen molar-refractivity contribution >= 4 is 39.7 Å². The Hall–Kier alpha value is -2.36. The number of nitrogens with zero attached hydrogens (tertiary/aromatic N) is 4. The number of rotatable bonds is 6. The number of alkyl halides is 3. The molecule has 0 aliphatic rings. The van der Waals surface area contributed by atoms with E-state index in [0.717, 1.165) is 35.6 Å². The smallest absolute Gasteiger partial charge is 0.346 e. The van der Waals surface area contributed by atoms with Crippen LogP contribution in [0.5, 0.6) is 0 Å². The largest absolute Gasteiger partial charge is 0.405 e. The Morgan fingerprint density at radius 3 is 2.74 bits per heavy atom. The third-order valence-electron chi connectivity index (χ3n) is 3.92. The van der Waals surface area contributed by atoms with Crippen LogP contribution in [-0.4, -0.2) is 43.6 Å². The Bertz CT molecular complexity index is 972. The average molecular weight is 397 g/mol. The SMILES string of the molecule is CCCn1c2ccccc2c2nnc(SC(C)C(=O)NCC(F)(F)F)nc21. The monoisotopic (exact) mass is 397 g/mol. The second-order valence-corrected chi connectivity index (χ2v) is 7.34. The first kappa shape index (κ1) is 19.4. The Morgan fingerprint density at radius 2 is 2.04 bits per heavy atom. The van der Waals surface area contributed by atoms with E-state index in [9.17, 15) is 18.0 Å². The zero-order valence-corrected chi connectivity index (χ0v) is 15.6. The first-order chi connectivity index (χ1) is 12.8. The van der Waals surface area contributed by atoms with E-state index in [0.29, 0.717) is 11.2 Å². The Labute approximate surface area is 157 Å². The molecule has 0 aliphatic heterocycles. The number of carbonyl (C=O) groups excluding carboxylic acids is 1. The fourth-order valence-electron chi connectivity index (χ4n) is 2.73. The highest BCUT2D eigenvalue weighted by molar-refractivity contribution is 8.00. The van der Waals surface area contributed by atoms with Crippen LogP contribution in [0.2, 0.25) is 0 Å². The fourth-order valence-corrected chi connectivity index (χ4v) is 3.47. The maximum absolute atomic E-state index is 12.2. The van der Waals surface area contributed by atoms with Gasteiger partial charge in [0.05, 0.1) is 10.8 Å². The predicted molar refractivity (Wildman–Crippen MR) is 97.5 cm³/mol. The standard InChI is InChI=1S/C17H18F3N5OS/c1-3-8-25-12-7-5-4-6-11(12)13-14(25)22-16(24-23-13)27-10(2)15(26)21-9-17(18,19)20/h4-7,10H,3,8-9H2,1-2H3,(H,21,26). The van der Waals surface area contributed by atoms with E-state index in [1.165, 1.54) is 6.92 Å². The van der Waals surface area contributed by atoms with Gasteiger partial charge in [0.25, 0.3) is 0 Å². The number of hydrogen-bond donors (Lipinski definition) is 1. The summed E-state index contributed by atoms with van der Waals surface area (Å²) in [4.78, 5) is 16.4. The van der Waals surface area contributed by atoms with Crippen molar-refractivity contribution in [1.29, 1.82) is 0 Å². The van der Waals surface area contributed by atoms with Crippen LogP contribution in [0.3, 0.4) is 0 Å². The van der Waals surface area contributed by atoms with Crippen molar-refractivity contribution in [2.75, 3.05) is 6.54 Å². The second kappa shape index (κ2) is 7.71. The molecule has 10 heteroatoms. The molecule has 1 N–H and O–H groups in total. The van der Waals surface area contributed by atoms with Crippen LogP contribution >= 0.6 is 11.8 Å². The summed E-state index contributed by atoms with van der Waals surface area (Å²) in [5.74, 6) is -0.727. The number of hydrogen-bond acceptors (Lipinski definition) is 5. The summed E-state index contributed by atoms with van der Waals surface area (Å²) in [5, 5.41) is 10.6. The van der Waals surface area contributed by atoms with Crippen LogP contribution in [0.1, 0.15) is 20.3 Å². The molecule has 0 spiro atoms. The van der Waals surface area contributed by atoms with Gasteiger partial charge in [0.2, 0.25) is 11.1 Å². The van der Waals surface area contributed by atoms with Gasteiger partial charge < -0.3 is 9.88 Å². The van der Waals surface area contributed by atoms with E-state index >= 15 is 0 Å². The minimum Gasteiger partial charge on any atom is -0.346 e. The lowest BCUT2D eigenvalue weighted by Gasteiger charge is -2.12. The van der Waals surface area contributed by atoms with Gasteiger partial charge in [0.15, 0.2) is 5.65 Å². The summed E-state index contributed by atoms with van der Waals surface area (Å²) in [6.45, 7) is 2.94. The summed E-state index contributed by atoms with van der Waals surface area (Å²) in [6.07, 6.45) is -3.55. The zero-order chi connectivity index (χ0) is 19.6. The van der Waals surface area contributed by atoms with Gasteiger partial charge in [-0.05, 0) is 19.4 Å². The molecule has 27 heavy (non-hydrogen) atoms. The molecule has 0 bridgehead atoms. The van der Waals surface area contributed by atoms with Gasteiger partial charge >= 0.3 is 6.18 Å². The van der Waals surface area contributed by atoms with Gasteiger partial charge in [0, 0.05) is 11.9 Å². The molecule has 2 heterocycles. The highest BCUT2D eigenvalue weighted by Crippen LogP contribution is 2.28. The fraction of sp³-hybridized carbons (Fsp3) is 0.412. The summed E-state index contributed by atoms with van der Waals surface area (Å²) < 4.78 is 38.8. The lowest BCUT2D eigenvalue weighted by Crippen LogP contribution is -2.38. The first-order valence-corrected chi connectivity index (χ1v) is 9.31. The molecule has 1 unspecified atom stereocenters. The summed E-state index contributed by atoms with van der Waals surface area (Å²) >= 11 is 0.976. The average Bonchev–Trinajstić information content (AvgIpc) is 2.93. The molecule has 2 aromatic heterocycles. The van der Waals surface area contributed by atoms with E-state index in [1.807, 2.05) is 34.1 Å². The van der Waals surface area contributed by atoms with Gasteiger partial charge in [-0.1, -0.05) is 36.9 Å².